The summed E-state index contributed by atoms with van der Waals surface area (Å²) in [6.45, 7) is 4.69. The van der Waals surface area contributed by atoms with Crippen molar-refractivity contribution in [3.05, 3.63) is 40.9 Å². The number of aromatic nitrogens is 2. The molecular weight excluding hydrogens is 266 g/mol. The molecule has 6 heteroatoms. The molecule has 0 saturated carbocycles. The zero-order valence-corrected chi connectivity index (χ0v) is 11.8. The Morgan fingerprint density at radius 2 is 1.90 bits per heavy atom. The van der Waals surface area contributed by atoms with E-state index in [1.165, 1.54) is 0 Å². The smallest absolute Gasteiger partial charge is 0.261 e. The fourth-order valence-corrected chi connectivity index (χ4v) is 2.59. The van der Waals surface area contributed by atoms with Gasteiger partial charge in [-0.15, -0.1) is 0 Å². The third-order valence-electron chi connectivity index (χ3n) is 3.90. The molecule has 0 unspecified atom stereocenters. The Bertz CT molecular complexity index is 725. The van der Waals surface area contributed by atoms with Gasteiger partial charge in [-0.1, -0.05) is 12.1 Å². The molecule has 0 atom stereocenters. The first kappa shape index (κ1) is 13.6. The quantitative estimate of drug-likeness (QED) is 0.767. The molecule has 0 amide bonds. The number of hydrogen-bond acceptors (Lipinski definition) is 5. The SMILES string of the molecule is N#CN1CCN(CCn2cnc3ccccc3c2=O)CC1. The molecule has 1 aromatic carbocycles. The van der Waals surface area contributed by atoms with Crippen molar-refractivity contribution in [2.24, 2.45) is 0 Å². The number of benzene rings is 1. The first-order valence-electron chi connectivity index (χ1n) is 7.09. The summed E-state index contributed by atoms with van der Waals surface area (Å²) < 4.78 is 1.67. The number of piperazine rings is 1. The maximum atomic E-state index is 12.4. The van der Waals surface area contributed by atoms with Crippen molar-refractivity contribution in [3.8, 4) is 6.19 Å². The molecule has 0 N–H and O–H groups in total. The molecule has 108 valence electrons. The lowest BCUT2D eigenvalue weighted by Gasteiger charge is -2.31. The van der Waals surface area contributed by atoms with Crippen LogP contribution in [0.3, 0.4) is 0 Å². The van der Waals surface area contributed by atoms with Crippen LogP contribution < -0.4 is 5.56 Å². The van der Waals surface area contributed by atoms with Crippen molar-refractivity contribution in [2.75, 3.05) is 32.7 Å². The summed E-state index contributed by atoms with van der Waals surface area (Å²) in [6, 6.07) is 7.40. The fourth-order valence-electron chi connectivity index (χ4n) is 2.59. The lowest BCUT2D eigenvalue weighted by Crippen LogP contribution is -2.45. The van der Waals surface area contributed by atoms with Crippen molar-refractivity contribution in [1.29, 1.82) is 5.26 Å². The number of para-hydroxylation sites is 1. The highest BCUT2D eigenvalue weighted by atomic mass is 16.1. The average Bonchev–Trinajstić information content (AvgIpc) is 2.55. The lowest BCUT2D eigenvalue weighted by atomic mass is 10.2. The molecular formula is C15H17N5O. The summed E-state index contributed by atoms with van der Waals surface area (Å²) in [5.41, 5.74) is 0.748. The maximum absolute atomic E-state index is 12.4. The first-order chi connectivity index (χ1) is 10.3. The molecule has 2 heterocycles. The largest absolute Gasteiger partial charge is 0.308 e. The molecule has 0 bridgehead atoms. The Morgan fingerprint density at radius 1 is 1.14 bits per heavy atom. The number of rotatable bonds is 3. The van der Waals surface area contributed by atoms with E-state index in [0.29, 0.717) is 11.9 Å². The normalized spacial score (nSPS) is 16.0. The van der Waals surface area contributed by atoms with Crippen LogP contribution in [0.1, 0.15) is 0 Å². The highest BCUT2D eigenvalue weighted by Crippen LogP contribution is 2.05. The predicted octanol–water partition coefficient (Wildman–Crippen LogP) is 0.495. The van der Waals surface area contributed by atoms with Gasteiger partial charge in [0.1, 0.15) is 0 Å². The van der Waals surface area contributed by atoms with Gasteiger partial charge >= 0.3 is 0 Å². The fraction of sp³-hybridized carbons (Fsp3) is 0.400. The topological polar surface area (TPSA) is 65.2 Å². The van der Waals surface area contributed by atoms with Crippen LogP contribution in [0.15, 0.2) is 35.4 Å². The second-order valence-corrected chi connectivity index (χ2v) is 5.19. The van der Waals surface area contributed by atoms with Crippen LogP contribution in [0, 0.1) is 11.5 Å². The Balaban J connectivity index is 1.68. The third-order valence-corrected chi connectivity index (χ3v) is 3.90. The van der Waals surface area contributed by atoms with E-state index < -0.39 is 0 Å². The Kier molecular flexibility index (Phi) is 3.84. The zero-order chi connectivity index (χ0) is 14.7. The second kappa shape index (κ2) is 5.94. The van der Waals surface area contributed by atoms with Gasteiger partial charge in [0.2, 0.25) is 0 Å². The molecule has 1 fully saturated rings. The summed E-state index contributed by atoms with van der Waals surface area (Å²) in [6.07, 6.45) is 3.79. The molecule has 1 aliphatic heterocycles. The maximum Gasteiger partial charge on any atom is 0.261 e. The highest BCUT2D eigenvalue weighted by molar-refractivity contribution is 5.76. The van der Waals surface area contributed by atoms with Gasteiger partial charge in [-0.3, -0.25) is 14.3 Å². The van der Waals surface area contributed by atoms with Gasteiger partial charge < -0.3 is 4.90 Å². The van der Waals surface area contributed by atoms with Crippen LogP contribution in [-0.4, -0.2) is 52.1 Å². The minimum atomic E-state index is 0.0104. The molecule has 0 aliphatic carbocycles. The van der Waals surface area contributed by atoms with Crippen molar-refractivity contribution < 1.29 is 0 Å². The van der Waals surface area contributed by atoms with E-state index in [2.05, 4.69) is 16.1 Å². The van der Waals surface area contributed by atoms with Gasteiger partial charge in [-0.2, -0.15) is 5.26 Å². The first-order valence-corrected chi connectivity index (χ1v) is 7.09. The standard InChI is InChI=1S/C15H17N5O/c16-11-19-7-5-18(6-8-19)9-10-20-12-17-14-4-2-1-3-13(14)15(20)21/h1-4,12H,5-10H2. The molecule has 0 radical (unpaired) electrons. The van der Waals surface area contributed by atoms with Gasteiger partial charge in [0.05, 0.1) is 17.2 Å². The van der Waals surface area contributed by atoms with Gasteiger partial charge in [-0.05, 0) is 12.1 Å². The summed E-state index contributed by atoms with van der Waals surface area (Å²) in [5.74, 6) is 0. The van der Waals surface area contributed by atoms with Crippen molar-refractivity contribution in [1.82, 2.24) is 19.4 Å². The summed E-state index contributed by atoms with van der Waals surface area (Å²) in [4.78, 5) is 20.7. The van der Waals surface area contributed by atoms with Gasteiger partial charge in [0.25, 0.3) is 5.56 Å². The van der Waals surface area contributed by atoms with Crippen LogP contribution in [-0.2, 0) is 6.54 Å². The van der Waals surface area contributed by atoms with Gasteiger partial charge in [0.15, 0.2) is 6.19 Å². The van der Waals surface area contributed by atoms with Crippen LogP contribution in [0.25, 0.3) is 10.9 Å². The van der Waals surface area contributed by atoms with Crippen molar-refractivity contribution in [3.63, 3.8) is 0 Å². The van der Waals surface area contributed by atoms with Crippen LogP contribution in [0.5, 0.6) is 0 Å². The molecule has 1 aliphatic rings. The van der Waals surface area contributed by atoms with Crippen LogP contribution in [0.2, 0.25) is 0 Å². The van der Waals surface area contributed by atoms with E-state index in [-0.39, 0.29) is 5.56 Å². The van der Waals surface area contributed by atoms with Crippen LogP contribution in [0.4, 0.5) is 0 Å². The molecule has 1 saturated heterocycles. The Labute approximate surface area is 122 Å². The third kappa shape index (κ3) is 2.88. The molecule has 1 aromatic heterocycles. The lowest BCUT2D eigenvalue weighted by molar-refractivity contribution is 0.168. The van der Waals surface area contributed by atoms with Gasteiger partial charge in [-0.25, -0.2) is 4.98 Å². The summed E-state index contributed by atoms with van der Waals surface area (Å²) in [5, 5.41) is 9.49. The number of fused-ring (bicyclic) bond motifs is 1. The Hall–Kier alpha value is -2.39. The van der Waals surface area contributed by atoms with E-state index in [0.717, 1.165) is 38.2 Å². The van der Waals surface area contributed by atoms with Crippen LogP contribution >= 0.6 is 0 Å². The monoisotopic (exact) mass is 283 g/mol. The zero-order valence-electron chi connectivity index (χ0n) is 11.8. The number of nitriles is 1. The van der Waals surface area contributed by atoms with E-state index in [4.69, 9.17) is 5.26 Å². The molecule has 0 spiro atoms. The summed E-state index contributed by atoms with van der Waals surface area (Å²) >= 11 is 0. The molecule has 3 rings (SSSR count). The molecule has 2 aromatic rings. The average molecular weight is 283 g/mol. The van der Waals surface area contributed by atoms with Gasteiger partial charge in [0, 0.05) is 39.3 Å². The number of nitrogens with zero attached hydrogens (tertiary/aromatic N) is 5. The van der Waals surface area contributed by atoms with Crippen molar-refractivity contribution in [2.45, 2.75) is 6.54 Å². The van der Waals surface area contributed by atoms with Crippen molar-refractivity contribution >= 4 is 10.9 Å². The van der Waals surface area contributed by atoms with E-state index in [1.807, 2.05) is 24.3 Å². The minimum Gasteiger partial charge on any atom is -0.308 e. The number of hydrogen-bond donors (Lipinski definition) is 0. The second-order valence-electron chi connectivity index (χ2n) is 5.19. The van der Waals surface area contributed by atoms with E-state index in [9.17, 15) is 4.79 Å². The molecule has 6 nitrogen and oxygen atoms in total. The van der Waals surface area contributed by atoms with E-state index >= 15 is 0 Å². The predicted molar refractivity (Wildman–Crippen MR) is 79.6 cm³/mol. The Morgan fingerprint density at radius 3 is 2.67 bits per heavy atom. The highest BCUT2D eigenvalue weighted by Gasteiger charge is 2.15. The van der Waals surface area contributed by atoms with E-state index in [1.54, 1.807) is 15.8 Å². The summed E-state index contributed by atoms with van der Waals surface area (Å²) in [7, 11) is 0. The minimum absolute atomic E-state index is 0.0104. The molecule has 21 heavy (non-hydrogen) atoms.